The lowest BCUT2D eigenvalue weighted by molar-refractivity contribution is 0.0627. The zero-order chi connectivity index (χ0) is 16.2. The summed E-state index contributed by atoms with van der Waals surface area (Å²) in [4.78, 5) is 15.7. The number of fused-ring (bicyclic) bond motifs is 1. The highest BCUT2D eigenvalue weighted by atomic mass is 16.6. The van der Waals surface area contributed by atoms with Gasteiger partial charge >= 0.3 is 6.09 Å². The van der Waals surface area contributed by atoms with E-state index in [-0.39, 0.29) is 17.3 Å². The first-order valence-electron chi connectivity index (χ1n) is 8.32. The predicted octanol–water partition coefficient (Wildman–Crippen LogP) is 2.43. The number of nitrogens with zero attached hydrogens (tertiary/aromatic N) is 2. The van der Waals surface area contributed by atoms with E-state index in [0.29, 0.717) is 6.54 Å². The minimum absolute atomic E-state index is 0.0959. The standard InChI is InChI=1S/C18H24N2O3/c1-17(2)9-14-8-13(4-5-15(14)22-17)10-20-7-6-18(12-20)11-19(3)16(21)23-18/h4-5,8H,6-7,9-12H2,1-3H3/t18-/m0/s1. The van der Waals surface area contributed by atoms with Crippen LogP contribution in [-0.4, -0.2) is 53.8 Å². The second kappa shape index (κ2) is 4.87. The maximum atomic E-state index is 11.7. The average molecular weight is 316 g/mol. The number of amides is 1. The zero-order valence-corrected chi connectivity index (χ0v) is 14.1. The summed E-state index contributed by atoms with van der Waals surface area (Å²) in [6, 6.07) is 6.51. The Morgan fingerprint density at radius 3 is 2.78 bits per heavy atom. The predicted molar refractivity (Wildman–Crippen MR) is 86.6 cm³/mol. The molecule has 0 saturated carbocycles. The minimum atomic E-state index is -0.298. The van der Waals surface area contributed by atoms with Gasteiger partial charge in [0.1, 0.15) is 17.0 Å². The van der Waals surface area contributed by atoms with E-state index >= 15 is 0 Å². The Balaban J connectivity index is 1.44. The fourth-order valence-corrected chi connectivity index (χ4v) is 4.09. The van der Waals surface area contributed by atoms with Gasteiger partial charge in [0, 0.05) is 39.5 Å². The van der Waals surface area contributed by atoms with Crippen LogP contribution >= 0.6 is 0 Å². The number of carbonyl (C=O) groups is 1. The summed E-state index contributed by atoms with van der Waals surface area (Å²) in [6.07, 6.45) is 1.69. The van der Waals surface area contributed by atoms with E-state index < -0.39 is 0 Å². The lowest BCUT2D eigenvalue weighted by Gasteiger charge is -2.22. The molecule has 0 unspecified atom stereocenters. The molecule has 1 spiro atoms. The lowest BCUT2D eigenvalue weighted by atomic mass is 10.00. The molecule has 0 aliphatic carbocycles. The van der Waals surface area contributed by atoms with Crippen molar-refractivity contribution in [2.75, 3.05) is 26.7 Å². The van der Waals surface area contributed by atoms with E-state index in [2.05, 4.69) is 36.9 Å². The van der Waals surface area contributed by atoms with Crippen LogP contribution < -0.4 is 4.74 Å². The van der Waals surface area contributed by atoms with Crippen molar-refractivity contribution in [1.82, 2.24) is 9.80 Å². The Hall–Kier alpha value is -1.75. The van der Waals surface area contributed by atoms with Gasteiger partial charge in [-0.25, -0.2) is 4.79 Å². The molecule has 3 aliphatic rings. The zero-order valence-electron chi connectivity index (χ0n) is 14.1. The molecule has 0 N–H and O–H groups in total. The molecule has 5 nitrogen and oxygen atoms in total. The summed E-state index contributed by atoms with van der Waals surface area (Å²) < 4.78 is 11.6. The smallest absolute Gasteiger partial charge is 0.410 e. The molecular formula is C18H24N2O3. The molecule has 0 radical (unpaired) electrons. The first-order valence-corrected chi connectivity index (χ1v) is 8.32. The third-order valence-corrected chi connectivity index (χ3v) is 5.07. The molecule has 0 bridgehead atoms. The van der Waals surface area contributed by atoms with Gasteiger partial charge in [-0.05, 0) is 31.0 Å². The van der Waals surface area contributed by atoms with Gasteiger partial charge < -0.3 is 14.4 Å². The lowest BCUT2D eigenvalue weighted by Crippen LogP contribution is -2.37. The number of hydrogen-bond donors (Lipinski definition) is 0. The third-order valence-electron chi connectivity index (χ3n) is 5.07. The molecule has 2 saturated heterocycles. The molecule has 5 heteroatoms. The van der Waals surface area contributed by atoms with Gasteiger partial charge in [0.15, 0.2) is 0 Å². The van der Waals surface area contributed by atoms with Crippen molar-refractivity contribution in [1.29, 1.82) is 0 Å². The summed E-state index contributed by atoms with van der Waals surface area (Å²) in [5, 5.41) is 0. The van der Waals surface area contributed by atoms with E-state index in [1.54, 1.807) is 4.90 Å². The van der Waals surface area contributed by atoms with Gasteiger partial charge in [0.05, 0.1) is 6.54 Å². The fraction of sp³-hybridized carbons (Fsp3) is 0.611. The number of rotatable bonds is 2. The average Bonchev–Trinajstić information content (AvgIpc) is 3.06. The summed E-state index contributed by atoms with van der Waals surface area (Å²) in [5.41, 5.74) is 2.21. The Morgan fingerprint density at radius 1 is 1.22 bits per heavy atom. The molecule has 124 valence electrons. The second-order valence-corrected chi connectivity index (χ2v) is 7.85. The molecule has 4 rings (SSSR count). The Kier molecular flexibility index (Phi) is 3.14. The Morgan fingerprint density at radius 2 is 2.04 bits per heavy atom. The summed E-state index contributed by atoms with van der Waals surface area (Å²) >= 11 is 0. The molecular weight excluding hydrogens is 292 g/mol. The van der Waals surface area contributed by atoms with Crippen LogP contribution in [0.3, 0.4) is 0 Å². The minimum Gasteiger partial charge on any atom is -0.487 e. The van der Waals surface area contributed by atoms with Crippen LogP contribution in [0.5, 0.6) is 5.75 Å². The maximum Gasteiger partial charge on any atom is 0.410 e. The summed E-state index contributed by atoms with van der Waals surface area (Å²) in [5.74, 6) is 1.02. The van der Waals surface area contributed by atoms with Crippen molar-refractivity contribution in [3.05, 3.63) is 29.3 Å². The number of carbonyl (C=O) groups excluding carboxylic acids is 1. The van der Waals surface area contributed by atoms with Gasteiger partial charge in [0.2, 0.25) is 0 Å². The first-order chi connectivity index (χ1) is 10.8. The van der Waals surface area contributed by atoms with Crippen LogP contribution in [0.2, 0.25) is 0 Å². The van der Waals surface area contributed by atoms with Crippen LogP contribution in [0.4, 0.5) is 4.79 Å². The SMILES string of the molecule is CN1C[C@]2(CCN(Cc3ccc4c(c3)CC(C)(C)O4)C2)OC1=O. The van der Waals surface area contributed by atoms with Crippen molar-refractivity contribution in [2.24, 2.45) is 0 Å². The molecule has 23 heavy (non-hydrogen) atoms. The molecule has 3 aliphatic heterocycles. The first kappa shape index (κ1) is 14.8. The number of likely N-dealkylation sites (tertiary alicyclic amines) is 1. The van der Waals surface area contributed by atoms with E-state index in [0.717, 1.165) is 38.2 Å². The van der Waals surface area contributed by atoms with Gasteiger partial charge in [-0.3, -0.25) is 4.90 Å². The van der Waals surface area contributed by atoms with Crippen LogP contribution in [0, 0.1) is 0 Å². The number of hydrogen-bond acceptors (Lipinski definition) is 4. The van der Waals surface area contributed by atoms with Crippen LogP contribution in [0.25, 0.3) is 0 Å². The molecule has 3 heterocycles. The third kappa shape index (κ3) is 2.67. The van der Waals surface area contributed by atoms with Crippen molar-refractivity contribution >= 4 is 6.09 Å². The number of ether oxygens (including phenoxy) is 2. The molecule has 1 aromatic rings. The second-order valence-electron chi connectivity index (χ2n) is 7.85. The molecule has 1 atom stereocenters. The quantitative estimate of drug-likeness (QED) is 0.840. The highest BCUT2D eigenvalue weighted by Gasteiger charge is 2.48. The van der Waals surface area contributed by atoms with Gasteiger partial charge in [0.25, 0.3) is 0 Å². The van der Waals surface area contributed by atoms with Gasteiger partial charge in [-0.15, -0.1) is 0 Å². The molecule has 1 aromatic carbocycles. The Labute approximate surface area is 137 Å². The van der Waals surface area contributed by atoms with Crippen molar-refractivity contribution in [2.45, 2.75) is 44.4 Å². The summed E-state index contributed by atoms with van der Waals surface area (Å²) in [6.45, 7) is 7.65. The molecule has 2 fully saturated rings. The molecule has 1 amide bonds. The largest absolute Gasteiger partial charge is 0.487 e. The van der Waals surface area contributed by atoms with Crippen LogP contribution in [0.15, 0.2) is 18.2 Å². The summed E-state index contributed by atoms with van der Waals surface area (Å²) in [7, 11) is 1.81. The maximum absolute atomic E-state index is 11.7. The van der Waals surface area contributed by atoms with E-state index in [1.165, 1.54) is 11.1 Å². The van der Waals surface area contributed by atoms with Crippen LogP contribution in [0.1, 0.15) is 31.4 Å². The van der Waals surface area contributed by atoms with E-state index in [1.807, 2.05) is 7.05 Å². The highest BCUT2D eigenvalue weighted by Crippen LogP contribution is 2.36. The van der Waals surface area contributed by atoms with Crippen LogP contribution in [-0.2, 0) is 17.7 Å². The Bertz CT molecular complexity index is 658. The number of likely N-dealkylation sites (N-methyl/N-ethyl adjacent to an activating group) is 1. The monoisotopic (exact) mass is 316 g/mol. The van der Waals surface area contributed by atoms with E-state index in [9.17, 15) is 4.79 Å². The van der Waals surface area contributed by atoms with Crippen molar-refractivity contribution in [3.8, 4) is 5.75 Å². The topological polar surface area (TPSA) is 42.0 Å². The number of benzene rings is 1. The van der Waals surface area contributed by atoms with Crippen molar-refractivity contribution in [3.63, 3.8) is 0 Å². The van der Waals surface area contributed by atoms with Gasteiger partial charge in [-0.2, -0.15) is 0 Å². The van der Waals surface area contributed by atoms with E-state index in [4.69, 9.17) is 9.47 Å². The normalized spacial score (nSPS) is 29.0. The van der Waals surface area contributed by atoms with Crippen molar-refractivity contribution < 1.29 is 14.3 Å². The molecule has 0 aromatic heterocycles. The fourth-order valence-electron chi connectivity index (χ4n) is 4.09. The van der Waals surface area contributed by atoms with Gasteiger partial charge in [-0.1, -0.05) is 12.1 Å². The highest BCUT2D eigenvalue weighted by molar-refractivity contribution is 5.70.